The molecule has 5 nitrogen and oxygen atoms in total. The molecule has 0 saturated carbocycles. The third-order valence-electron chi connectivity index (χ3n) is 3.93. The van der Waals surface area contributed by atoms with Gasteiger partial charge in [0, 0.05) is 12.7 Å². The summed E-state index contributed by atoms with van der Waals surface area (Å²) in [4.78, 5) is 16.6. The van der Waals surface area contributed by atoms with E-state index in [9.17, 15) is 4.79 Å². The van der Waals surface area contributed by atoms with Crippen LogP contribution >= 0.6 is 0 Å². The Balaban J connectivity index is 1.72. The number of rotatable bonds is 6. The Morgan fingerprint density at radius 3 is 2.65 bits per heavy atom. The molecule has 0 saturated heterocycles. The monoisotopic (exact) mass is 347 g/mol. The number of pyridine rings is 1. The first-order chi connectivity index (χ1) is 12.7. The van der Waals surface area contributed by atoms with Gasteiger partial charge in [-0.2, -0.15) is 0 Å². The van der Waals surface area contributed by atoms with Gasteiger partial charge in [0.05, 0.1) is 30.2 Å². The average Bonchev–Trinajstić information content (AvgIpc) is 2.67. The van der Waals surface area contributed by atoms with Crippen molar-refractivity contribution in [3.63, 3.8) is 0 Å². The van der Waals surface area contributed by atoms with Crippen LogP contribution in [0.15, 0.2) is 67.0 Å². The Bertz CT molecular complexity index is 895. The van der Waals surface area contributed by atoms with Crippen LogP contribution in [0.25, 0.3) is 0 Å². The van der Waals surface area contributed by atoms with Crippen molar-refractivity contribution in [2.45, 2.75) is 13.5 Å². The molecule has 2 N–H and O–H groups in total. The van der Waals surface area contributed by atoms with Crippen molar-refractivity contribution in [1.82, 2.24) is 10.3 Å². The van der Waals surface area contributed by atoms with Gasteiger partial charge >= 0.3 is 0 Å². The molecule has 1 amide bonds. The topological polar surface area (TPSA) is 63.2 Å². The quantitative estimate of drug-likeness (QED) is 0.705. The molecule has 1 heterocycles. The van der Waals surface area contributed by atoms with E-state index in [4.69, 9.17) is 4.74 Å². The zero-order chi connectivity index (χ0) is 18.4. The van der Waals surface area contributed by atoms with Crippen LogP contribution in [-0.4, -0.2) is 18.0 Å². The summed E-state index contributed by atoms with van der Waals surface area (Å²) in [6.07, 6.45) is 3.23. The summed E-state index contributed by atoms with van der Waals surface area (Å²) in [5.41, 5.74) is 4.21. The number of hydrogen-bond acceptors (Lipinski definition) is 4. The molecule has 0 aliphatic heterocycles. The molecule has 0 aliphatic carbocycles. The lowest BCUT2D eigenvalue weighted by Gasteiger charge is -2.12. The number of aryl methyl sites for hydroxylation is 1. The van der Waals surface area contributed by atoms with E-state index in [1.54, 1.807) is 25.6 Å². The SMILES string of the molecule is COc1ccc(C)cc1Nc1cncc(C(=O)NCc2ccccc2)c1. The molecule has 0 atom stereocenters. The maximum absolute atomic E-state index is 12.4. The van der Waals surface area contributed by atoms with Crippen molar-refractivity contribution in [3.05, 3.63) is 83.7 Å². The van der Waals surface area contributed by atoms with E-state index in [1.165, 1.54) is 0 Å². The van der Waals surface area contributed by atoms with Crippen molar-refractivity contribution in [1.29, 1.82) is 0 Å². The molecule has 0 fully saturated rings. The zero-order valence-electron chi connectivity index (χ0n) is 14.8. The van der Waals surface area contributed by atoms with Gasteiger partial charge in [0.2, 0.25) is 0 Å². The summed E-state index contributed by atoms with van der Waals surface area (Å²) in [6.45, 7) is 2.49. The van der Waals surface area contributed by atoms with E-state index in [0.29, 0.717) is 12.1 Å². The van der Waals surface area contributed by atoms with E-state index in [2.05, 4.69) is 15.6 Å². The lowest BCUT2D eigenvalue weighted by atomic mass is 10.2. The van der Waals surface area contributed by atoms with E-state index < -0.39 is 0 Å². The van der Waals surface area contributed by atoms with Gasteiger partial charge in [-0.25, -0.2) is 0 Å². The van der Waals surface area contributed by atoms with E-state index in [1.807, 2.05) is 55.5 Å². The molecule has 132 valence electrons. The summed E-state index contributed by atoms with van der Waals surface area (Å²) in [6, 6.07) is 17.4. The summed E-state index contributed by atoms with van der Waals surface area (Å²) < 4.78 is 5.38. The van der Waals surface area contributed by atoms with Gasteiger partial charge in [-0.05, 0) is 36.2 Å². The third-order valence-corrected chi connectivity index (χ3v) is 3.93. The van der Waals surface area contributed by atoms with Crippen molar-refractivity contribution < 1.29 is 9.53 Å². The highest BCUT2D eigenvalue weighted by Crippen LogP contribution is 2.28. The van der Waals surface area contributed by atoms with Crippen molar-refractivity contribution in [3.8, 4) is 5.75 Å². The van der Waals surface area contributed by atoms with Gasteiger partial charge in [0.15, 0.2) is 0 Å². The lowest BCUT2D eigenvalue weighted by Crippen LogP contribution is -2.22. The van der Waals surface area contributed by atoms with Gasteiger partial charge in [-0.15, -0.1) is 0 Å². The van der Waals surface area contributed by atoms with Crippen molar-refractivity contribution >= 4 is 17.3 Å². The molecule has 0 bridgehead atoms. The largest absolute Gasteiger partial charge is 0.495 e. The number of amides is 1. The van der Waals surface area contributed by atoms with Gasteiger partial charge in [-0.3, -0.25) is 9.78 Å². The Kier molecular flexibility index (Phi) is 5.49. The Labute approximate surface area is 153 Å². The molecule has 5 heteroatoms. The van der Waals surface area contributed by atoms with Crippen LogP contribution in [-0.2, 0) is 6.54 Å². The summed E-state index contributed by atoms with van der Waals surface area (Å²) in [7, 11) is 1.63. The highest BCUT2D eigenvalue weighted by molar-refractivity contribution is 5.94. The average molecular weight is 347 g/mol. The van der Waals surface area contributed by atoms with Gasteiger partial charge < -0.3 is 15.4 Å². The third kappa shape index (κ3) is 4.39. The molecule has 26 heavy (non-hydrogen) atoms. The molecule has 0 unspecified atom stereocenters. The minimum atomic E-state index is -0.166. The van der Waals surface area contributed by atoms with Crippen LogP contribution in [0.1, 0.15) is 21.5 Å². The first kappa shape index (κ1) is 17.5. The standard InChI is InChI=1S/C21H21N3O2/c1-15-8-9-20(26-2)19(10-15)24-18-11-17(13-22-14-18)21(25)23-12-16-6-4-3-5-7-16/h3-11,13-14,24H,12H2,1-2H3,(H,23,25). The maximum atomic E-state index is 12.4. The zero-order valence-corrected chi connectivity index (χ0v) is 14.8. The maximum Gasteiger partial charge on any atom is 0.253 e. The molecule has 3 aromatic rings. The predicted molar refractivity (Wildman–Crippen MR) is 103 cm³/mol. The number of benzene rings is 2. The molecule has 0 spiro atoms. The van der Waals surface area contributed by atoms with Crippen LogP contribution in [0.5, 0.6) is 5.75 Å². The van der Waals surface area contributed by atoms with Gasteiger partial charge in [-0.1, -0.05) is 36.4 Å². The van der Waals surface area contributed by atoms with Gasteiger partial charge in [0.25, 0.3) is 5.91 Å². The Hall–Kier alpha value is -3.34. The number of carbonyl (C=O) groups is 1. The summed E-state index contributed by atoms with van der Waals surface area (Å²) in [5, 5.41) is 6.17. The minimum Gasteiger partial charge on any atom is -0.495 e. The van der Waals surface area contributed by atoms with Crippen LogP contribution in [0.2, 0.25) is 0 Å². The number of methoxy groups -OCH3 is 1. The number of hydrogen-bond donors (Lipinski definition) is 2. The molecular weight excluding hydrogens is 326 g/mol. The van der Waals surface area contributed by atoms with Crippen LogP contribution in [0.4, 0.5) is 11.4 Å². The number of carbonyl (C=O) groups excluding carboxylic acids is 1. The van der Waals surface area contributed by atoms with Gasteiger partial charge in [0.1, 0.15) is 5.75 Å². The second-order valence-corrected chi connectivity index (χ2v) is 5.96. The normalized spacial score (nSPS) is 10.2. The molecular formula is C21H21N3O2. The van der Waals surface area contributed by atoms with E-state index in [0.717, 1.165) is 28.3 Å². The first-order valence-electron chi connectivity index (χ1n) is 8.34. The second-order valence-electron chi connectivity index (χ2n) is 5.96. The Morgan fingerprint density at radius 2 is 1.88 bits per heavy atom. The lowest BCUT2D eigenvalue weighted by molar-refractivity contribution is 0.0950. The second kappa shape index (κ2) is 8.16. The highest BCUT2D eigenvalue weighted by atomic mass is 16.5. The molecule has 3 rings (SSSR count). The fourth-order valence-corrected chi connectivity index (χ4v) is 2.59. The summed E-state index contributed by atoms with van der Waals surface area (Å²) in [5.74, 6) is 0.566. The highest BCUT2D eigenvalue weighted by Gasteiger charge is 2.09. The minimum absolute atomic E-state index is 0.166. The van der Waals surface area contributed by atoms with Crippen LogP contribution in [0.3, 0.4) is 0 Å². The van der Waals surface area contributed by atoms with Crippen molar-refractivity contribution in [2.24, 2.45) is 0 Å². The molecule has 1 aromatic heterocycles. The smallest absolute Gasteiger partial charge is 0.253 e. The van der Waals surface area contributed by atoms with Crippen molar-refractivity contribution in [2.75, 3.05) is 12.4 Å². The Morgan fingerprint density at radius 1 is 1.08 bits per heavy atom. The first-order valence-corrected chi connectivity index (χ1v) is 8.34. The number of aromatic nitrogens is 1. The number of anilines is 2. The number of ether oxygens (including phenoxy) is 1. The number of nitrogens with one attached hydrogen (secondary N) is 2. The predicted octanol–water partition coefficient (Wildman–Crippen LogP) is 4.07. The fraction of sp³-hybridized carbons (Fsp3) is 0.143. The molecule has 0 aliphatic rings. The van der Waals surface area contributed by atoms with E-state index in [-0.39, 0.29) is 5.91 Å². The van der Waals surface area contributed by atoms with Crippen LogP contribution < -0.4 is 15.4 Å². The fourth-order valence-electron chi connectivity index (χ4n) is 2.59. The molecule has 2 aromatic carbocycles. The number of nitrogens with zero attached hydrogens (tertiary/aromatic N) is 1. The van der Waals surface area contributed by atoms with Crippen LogP contribution in [0, 0.1) is 6.92 Å². The van der Waals surface area contributed by atoms with E-state index >= 15 is 0 Å². The summed E-state index contributed by atoms with van der Waals surface area (Å²) >= 11 is 0. The molecule has 0 radical (unpaired) electrons.